The lowest BCUT2D eigenvalue weighted by Gasteiger charge is -2.22. The van der Waals surface area contributed by atoms with Crippen molar-refractivity contribution in [1.82, 2.24) is 25.4 Å². The molecule has 7 heteroatoms. The van der Waals surface area contributed by atoms with Gasteiger partial charge in [-0.1, -0.05) is 30.3 Å². The number of carbonyl (C=O) groups excluding carboxylic acids is 1. The minimum Gasteiger partial charge on any atom is -0.342 e. The molecule has 3 heterocycles. The summed E-state index contributed by atoms with van der Waals surface area (Å²) in [5, 5.41) is 13.7. The van der Waals surface area contributed by atoms with Crippen LogP contribution in [-0.4, -0.2) is 33.8 Å². The maximum Gasteiger partial charge on any atom is 0.225 e. The number of hydrogen-bond donors (Lipinski definition) is 2. The van der Waals surface area contributed by atoms with Crippen LogP contribution in [0.3, 0.4) is 0 Å². The molecule has 0 radical (unpaired) electrons. The summed E-state index contributed by atoms with van der Waals surface area (Å²) in [4.78, 5) is 17.5. The number of nitrogens with zero attached hydrogens (tertiary/aromatic N) is 3. The van der Waals surface area contributed by atoms with Crippen LogP contribution in [0.5, 0.6) is 0 Å². The highest BCUT2D eigenvalue weighted by Gasteiger charge is 2.36. The first kappa shape index (κ1) is 16.9. The molecule has 1 fully saturated rings. The second-order valence-electron chi connectivity index (χ2n) is 6.54. The van der Waals surface area contributed by atoms with Crippen LogP contribution in [0.4, 0.5) is 0 Å². The fraction of sp³-hybridized carbons (Fsp3) is 0.316. The Morgan fingerprint density at radius 2 is 2.19 bits per heavy atom. The summed E-state index contributed by atoms with van der Waals surface area (Å²) in [6.45, 7) is 1.46. The van der Waals surface area contributed by atoms with E-state index >= 15 is 0 Å². The molecule has 1 saturated heterocycles. The molecule has 1 aromatic carbocycles. The monoisotopic (exact) mass is 367 g/mol. The second kappa shape index (κ2) is 7.39. The van der Waals surface area contributed by atoms with E-state index in [-0.39, 0.29) is 23.8 Å². The molecule has 1 aliphatic heterocycles. The van der Waals surface area contributed by atoms with E-state index in [1.807, 2.05) is 55.2 Å². The van der Waals surface area contributed by atoms with Crippen molar-refractivity contribution in [2.24, 2.45) is 13.0 Å². The fourth-order valence-corrected chi connectivity index (χ4v) is 4.21. The van der Waals surface area contributed by atoms with Crippen LogP contribution in [-0.2, 0) is 11.8 Å². The molecule has 3 atom stereocenters. The highest BCUT2D eigenvalue weighted by atomic mass is 32.1. The Morgan fingerprint density at radius 1 is 1.35 bits per heavy atom. The standard InChI is InChI=1S/C19H21N5OS/c1-24-12-14(9-22-24)15-10-20-11-16(15)18(25)23-17(19-21-7-8-26-19)13-5-3-2-4-6-13/h2-9,12,15-17,20H,10-11H2,1H3,(H,23,25)/t15-,16+,17?/m1/s1. The Kier molecular flexibility index (Phi) is 4.81. The van der Waals surface area contributed by atoms with Crippen molar-refractivity contribution in [1.29, 1.82) is 0 Å². The number of aromatic nitrogens is 3. The smallest absolute Gasteiger partial charge is 0.225 e. The Morgan fingerprint density at radius 3 is 2.88 bits per heavy atom. The number of carbonyl (C=O) groups is 1. The van der Waals surface area contributed by atoms with Crippen LogP contribution in [0.15, 0.2) is 54.3 Å². The third-order valence-electron chi connectivity index (χ3n) is 4.82. The van der Waals surface area contributed by atoms with Gasteiger partial charge in [0.1, 0.15) is 11.0 Å². The van der Waals surface area contributed by atoms with Gasteiger partial charge in [0.25, 0.3) is 0 Å². The van der Waals surface area contributed by atoms with Gasteiger partial charge in [-0.05, 0) is 11.1 Å². The molecular weight excluding hydrogens is 346 g/mol. The number of nitrogens with one attached hydrogen (secondary N) is 2. The topological polar surface area (TPSA) is 71.8 Å². The van der Waals surface area contributed by atoms with E-state index in [9.17, 15) is 4.79 Å². The zero-order valence-corrected chi connectivity index (χ0v) is 15.3. The van der Waals surface area contributed by atoms with Crippen LogP contribution in [0.2, 0.25) is 0 Å². The molecule has 1 unspecified atom stereocenters. The van der Waals surface area contributed by atoms with E-state index in [4.69, 9.17) is 0 Å². The summed E-state index contributed by atoms with van der Waals surface area (Å²) in [5.41, 5.74) is 2.14. The third kappa shape index (κ3) is 3.40. The van der Waals surface area contributed by atoms with Crippen LogP contribution in [0.25, 0.3) is 0 Å². The minimum atomic E-state index is -0.223. The van der Waals surface area contributed by atoms with Crippen LogP contribution >= 0.6 is 11.3 Å². The summed E-state index contributed by atoms with van der Waals surface area (Å²) < 4.78 is 1.78. The molecule has 1 aliphatic rings. The normalized spacial score (nSPS) is 20.8. The molecule has 4 rings (SSSR count). The maximum atomic E-state index is 13.1. The molecular formula is C19H21N5OS. The second-order valence-corrected chi connectivity index (χ2v) is 7.47. The van der Waals surface area contributed by atoms with Crippen molar-refractivity contribution in [3.63, 3.8) is 0 Å². The molecule has 3 aromatic rings. The molecule has 0 bridgehead atoms. The average molecular weight is 367 g/mol. The van der Waals surface area contributed by atoms with Crippen LogP contribution in [0, 0.1) is 5.92 Å². The number of benzene rings is 1. The molecule has 0 saturated carbocycles. The van der Waals surface area contributed by atoms with Crippen molar-refractivity contribution in [2.75, 3.05) is 13.1 Å². The molecule has 2 aromatic heterocycles. The largest absolute Gasteiger partial charge is 0.342 e. The highest BCUT2D eigenvalue weighted by Crippen LogP contribution is 2.30. The first-order valence-corrected chi connectivity index (χ1v) is 9.54. The SMILES string of the molecule is Cn1cc([C@H]2CNC[C@@H]2C(=O)NC(c2ccccc2)c2nccs2)cn1. The van der Waals surface area contributed by atoms with Gasteiger partial charge in [-0.15, -0.1) is 11.3 Å². The summed E-state index contributed by atoms with van der Waals surface area (Å²) >= 11 is 1.56. The predicted molar refractivity (Wildman–Crippen MR) is 101 cm³/mol. The number of amides is 1. The lowest BCUT2D eigenvalue weighted by Crippen LogP contribution is -2.37. The molecule has 134 valence electrons. The lowest BCUT2D eigenvalue weighted by atomic mass is 9.90. The van der Waals surface area contributed by atoms with E-state index in [2.05, 4.69) is 20.7 Å². The number of hydrogen-bond acceptors (Lipinski definition) is 5. The van der Waals surface area contributed by atoms with Crippen molar-refractivity contribution in [2.45, 2.75) is 12.0 Å². The average Bonchev–Trinajstić information content (AvgIpc) is 3.41. The molecule has 2 N–H and O–H groups in total. The first-order chi connectivity index (χ1) is 12.7. The fourth-order valence-electron chi connectivity index (χ4n) is 3.50. The molecule has 6 nitrogen and oxygen atoms in total. The van der Waals surface area contributed by atoms with Gasteiger partial charge in [0.15, 0.2) is 0 Å². The summed E-state index contributed by atoms with van der Waals surface area (Å²) in [6, 6.07) is 9.77. The van der Waals surface area contributed by atoms with Gasteiger partial charge in [-0.3, -0.25) is 9.48 Å². The quantitative estimate of drug-likeness (QED) is 0.724. The van der Waals surface area contributed by atoms with Crippen LogP contribution < -0.4 is 10.6 Å². The van der Waals surface area contributed by atoms with Crippen molar-refractivity contribution < 1.29 is 4.79 Å². The van der Waals surface area contributed by atoms with E-state index in [0.29, 0.717) is 6.54 Å². The third-order valence-corrected chi connectivity index (χ3v) is 5.66. The summed E-state index contributed by atoms with van der Waals surface area (Å²) in [5.74, 6) is 0.0645. The number of aryl methyl sites for hydroxylation is 1. The first-order valence-electron chi connectivity index (χ1n) is 8.66. The van der Waals surface area contributed by atoms with Gasteiger partial charge in [0.2, 0.25) is 5.91 Å². The number of thiazole rings is 1. The number of rotatable bonds is 5. The van der Waals surface area contributed by atoms with E-state index in [1.165, 1.54) is 0 Å². The maximum absolute atomic E-state index is 13.1. The van der Waals surface area contributed by atoms with Crippen molar-refractivity contribution in [3.8, 4) is 0 Å². The zero-order chi connectivity index (χ0) is 17.9. The Hall–Kier alpha value is -2.51. The van der Waals surface area contributed by atoms with Crippen LogP contribution in [0.1, 0.15) is 28.1 Å². The van der Waals surface area contributed by atoms with Gasteiger partial charge in [-0.2, -0.15) is 5.10 Å². The van der Waals surface area contributed by atoms with Crippen molar-refractivity contribution in [3.05, 3.63) is 70.4 Å². The zero-order valence-electron chi connectivity index (χ0n) is 14.5. The minimum absolute atomic E-state index is 0.0490. The van der Waals surface area contributed by atoms with Gasteiger partial charge in [0, 0.05) is 43.8 Å². The molecule has 0 spiro atoms. The summed E-state index contributed by atoms with van der Waals surface area (Å²) in [6.07, 6.45) is 5.62. The van der Waals surface area contributed by atoms with Gasteiger partial charge in [-0.25, -0.2) is 4.98 Å². The molecule has 0 aliphatic carbocycles. The van der Waals surface area contributed by atoms with Gasteiger partial charge in [0.05, 0.1) is 12.1 Å². The van der Waals surface area contributed by atoms with Gasteiger partial charge < -0.3 is 10.6 Å². The Balaban J connectivity index is 1.56. The van der Waals surface area contributed by atoms with E-state index in [1.54, 1.807) is 22.2 Å². The summed E-state index contributed by atoms with van der Waals surface area (Å²) in [7, 11) is 1.90. The Labute approximate surface area is 156 Å². The van der Waals surface area contributed by atoms with E-state index < -0.39 is 0 Å². The predicted octanol–water partition coefficient (Wildman–Crippen LogP) is 2.09. The van der Waals surface area contributed by atoms with Crippen molar-refractivity contribution >= 4 is 17.2 Å². The Bertz CT molecular complexity index is 861. The highest BCUT2D eigenvalue weighted by molar-refractivity contribution is 7.09. The molecule has 1 amide bonds. The lowest BCUT2D eigenvalue weighted by molar-refractivity contribution is -0.125. The van der Waals surface area contributed by atoms with Gasteiger partial charge >= 0.3 is 0 Å². The molecule has 26 heavy (non-hydrogen) atoms. The van der Waals surface area contributed by atoms with E-state index in [0.717, 1.165) is 22.7 Å².